The van der Waals surface area contributed by atoms with E-state index in [-0.39, 0.29) is 53.5 Å². The third-order valence-corrected chi connectivity index (χ3v) is 11.5. The number of H-pyrrole nitrogens is 2. The SMILES string of the molecule is CCCCO.CCCCOc1cnc(NCCc2ccccc2)c(=O)n1CC(=O)NCc1cc2cnccc2[nH]1.O=C(Cn1c(Br)cnc(NCCc2ccccc2)c1=O)NCc1cc2cnccc2[nH]1. The second-order valence-electron chi connectivity index (χ2n) is 16.3. The minimum absolute atomic E-state index is 0.114. The maximum Gasteiger partial charge on any atom is 0.296 e. The molecule has 18 nitrogen and oxygen atoms in total. The number of hydrogen-bond acceptors (Lipinski definition) is 12. The van der Waals surface area contributed by atoms with Crippen LogP contribution in [-0.4, -0.2) is 82.3 Å². The van der Waals surface area contributed by atoms with Crippen molar-refractivity contribution >= 4 is 61.2 Å². The van der Waals surface area contributed by atoms with Crippen molar-refractivity contribution in [1.29, 1.82) is 0 Å². The fourth-order valence-electron chi connectivity index (χ4n) is 7.06. The largest absolute Gasteiger partial charge is 0.478 e. The van der Waals surface area contributed by atoms with Crippen LogP contribution < -0.4 is 37.1 Å². The van der Waals surface area contributed by atoms with Gasteiger partial charge in [0.15, 0.2) is 11.6 Å². The molecule has 2 aromatic carbocycles. The molecule has 0 aliphatic carbocycles. The van der Waals surface area contributed by atoms with Crippen molar-refractivity contribution < 1.29 is 19.4 Å². The van der Waals surface area contributed by atoms with Crippen molar-refractivity contribution in [2.75, 3.05) is 36.9 Å². The molecule has 0 aliphatic rings. The molecule has 7 N–H and O–H groups in total. The van der Waals surface area contributed by atoms with Crippen LogP contribution in [0.25, 0.3) is 21.8 Å². The van der Waals surface area contributed by atoms with Crippen LogP contribution in [0.15, 0.2) is 136 Å². The molecule has 2 amide bonds. The number of nitrogens with one attached hydrogen (secondary N) is 6. The molecule has 6 aromatic heterocycles. The predicted octanol–water partition coefficient (Wildman–Crippen LogP) is 6.90. The Bertz CT molecular complexity index is 2960. The molecule has 8 rings (SSSR count). The minimum atomic E-state index is -0.390. The van der Waals surface area contributed by atoms with Gasteiger partial charge in [0.25, 0.3) is 11.1 Å². The third-order valence-electron chi connectivity index (χ3n) is 10.9. The van der Waals surface area contributed by atoms with Crippen molar-refractivity contribution in [3.05, 3.63) is 170 Å². The van der Waals surface area contributed by atoms with E-state index in [1.165, 1.54) is 27.1 Å². The number of fused-ring (bicyclic) bond motifs is 2. The first kappa shape index (κ1) is 52.7. The Labute approximate surface area is 419 Å². The summed E-state index contributed by atoms with van der Waals surface area (Å²) in [5.74, 6) is 0.116. The zero-order chi connectivity index (χ0) is 50.2. The highest BCUT2D eigenvalue weighted by Gasteiger charge is 2.16. The van der Waals surface area contributed by atoms with E-state index in [1.54, 1.807) is 24.8 Å². The number of hydrogen-bond donors (Lipinski definition) is 7. The van der Waals surface area contributed by atoms with Gasteiger partial charge in [-0.25, -0.2) is 9.97 Å². The average Bonchev–Trinajstić information content (AvgIpc) is 4.02. The summed E-state index contributed by atoms with van der Waals surface area (Å²) < 4.78 is 8.89. The Morgan fingerprint density at radius 2 is 1.15 bits per heavy atom. The van der Waals surface area contributed by atoms with Gasteiger partial charge in [0, 0.05) is 77.7 Å². The van der Waals surface area contributed by atoms with Crippen LogP contribution in [0.4, 0.5) is 11.6 Å². The van der Waals surface area contributed by atoms with Crippen LogP contribution >= 0.6 is 15.9 Å². The van der Waals surface area contributed by atoms with Crippen LogP contribution in [0.1, 0.15) is 62.0 Å². The maximum absolute atomic E-state index is 13.2. The third kappa shape index (κ3) is 16.5. The highest BCUT2D eigenvalue weighted by Crippen LogP contribution is 2.16. The molecule has 0 saturated carbocycles. The monoisotopic (exact) mass is 1030 g/mol. The number of carbonyl (C=O) groups excluding carboxylic acids is 2. The summed E-state index contributed by atoms with van der Waals surface area (Å²) in [6.45, 7) is 6.36. The van der Waals surface area contributed by atoms with Gasteiger partial charge in [-0.1, -0.05) is 87.4 Å². The van der Waals surface area contributed by atoms with Gasteiger partial charge in [-0.2, -0.15) is 0 Å². The molecule has 6 heterocycles. The molecular weight excluding hydrogens is 969 g/mol. The van der Waals surface area contributed by atoms with Gasteiger partial charge in [0.1, 0.15) is 17.7 Å². The van der Waals surface area contributed by atoms with Gasteiger partial charge in [0.2, 0.25) is 17.7 Å². The molecule has 0 aliphatic heterocycles. The van der Waals surface area contributed by atoms with Gasteiger partial charge in [-0.05, 0) is 77.0 Å². The number of halogens is 1. The smallest absolute Gasteiger partial charge is 0.296 e. The lowest BCUT2D eigenvalue weighted by Gasteiger charge is -2.15. The lowest BCUT2D eigenvalue weighted by Crippen LogP contribution is -2.34. The van der Waals surface area contributed by atoms with Gasteiger partial charge in [-0.15, -0.1) is 0 Å². The highest BCUT2D eigenvalue weighted by molar-refractivity contribution is 9.10. The molecule has 19 heteroatoms. The summed E-state index contributed by atoms with van der Waals surface area (Å²) >= 11 is 3.31. The number of nitrogens with zero attached hydrogens (tertiary/aromatic N) is 6. The predicted molar refractivity (Wildman–Crippen MR) is 280 cm³/mol. The molecule has 71 heavy (non-hydrogen) atoms. The number of rotatable bonds is 22. The zero-order valence-electron chi connectivity index (χ0n) is 40.0. The van der Waals surface area contributed by atoms with E-state index >= 15 is 0 Å². The lowest BCUT2D eigenvalue weighted by atomic mass is 10.1. The van der Waals surface area contributed by atoms with Crippen LogP contribution in [0.5, 0.6) is 5.88 Å². The van der Waals surface area contributed by atoms with E-state index in [2.05, 4.69) is 80.9 Å². The first-order chi connectivity index (χ1) is 34.6. The molecule has 0 saturated heterocycles. The van der Waals surface area contributed by atoms with E-state index in [9.17, 15) is 19.2 Å². The topological polar surface area (TPSA) is 239 Å². The van der Waals surface area contributed by atoms with E-state index in [0.717, 1.165) is 77.3 Å². The summed E-state index contributed by atoms with van der Waals surface area (Å²) in [4.78, 5) is 74.2. The zero-order valence-corrected chi connectivity index (χ0v) is 41.6. The Kier molecular flexibility index (Phi) is 20.9. The fourth-order valence-corrected chi connectivity index (χ4v) is 7.44. The first-order valence-electron chi connectivity index (χ1n) is 23.7. The summed E-state index contributed by atoms with van der Waals surface area (Å²) in [6, 6.07) is 27.6. The summed E-state index contributed by atoms with van der Waals surface area (Å²) in [7, 11) is 0. The van der Waals surface area contributed by atoms with Crippen molar-refractivity contribution in [1.82, 2.24) is 49.7 Å². The highest BCUT2D eigenvalue weighted by atomic mass is 79.9. The number of aliphatic hydroxyl groups excluding tert-OH is 1. The van der Waals surface area contributed by atoms with Gasteiger partial charge >= 0.3 is 0 Å². The number of ether oxygens (including phenoxy) is 1. The van der Waals surface area contributed by atoms with Crippen molar-refractivity contribution in [2.24, 2.45) is 0 Å². The van der Waals surface area contributed by atoms with Crippen molar-refractivity contribution in [3.63, 3.8) is 0 Å². The van der Waals surface area contributed by atoms with E-state index in [4.69, 9.17) is 9.84 Å². The molecule has 0 atom stereocenters. The van der Waals surface area contributed by atoms with Crippen molar-refractivity contribution in [3.8, 4) is 5.88 Å². The number of aromatic nitrogens is 8. The summed E-state index contributed by atoms with van der Waals surface area (Å²) in [5.41, 5.74) is 5.21. The normalized spacial score (nSPS) is 10.7. The Hall–Kier alpha value is -7.64. The second kappa shape index (κ2) is 28.1. The Balaban J connectivity index is 0.000000213. The molecule has 0 fully saturated rings. The van der Waals surface area contributed by atoms with Gasteiger partial charge in [0.05, 0.1) is 32.1 Å². The number of unbranched alkanes of at least 4 members (excludes halogenated alkanes) is 2. The number of aromatic amines is 2. The number of benzene rings is 2. The molecule has 0 unspecified atom stereocenters. The Morgan fingerprint density at radius 1 is 0.662 bits per heavy atom. The summed E-state index contributed by atoms with van der Waals surface area (Å²) in [6.07, 6.45) is 15.3. The molecular formula is C52H61BrN12O6. The van der Waals surface area contributed by atoms with E-state index < -0.39 is 0 Å². The average molecular weight is 1030 g/mol. The molecule has 0 bridgehead atoms. The quantitative estimate of drug-likeness (QED) is 0.0343. The number of carbonyl (C=O) groups is 2. The second-order valence-corrected chi connectivity index (χ2v) is 17.1. The van der Waals surface area contributed by atoms with Crippen LogP contribution in [0.3, 0.4) is 0 Å². The van der Waals surface area contributed by atoms with E-state index in [1.807, 2.05) is 84.9 Å². The van der Waals surface area contributed by atoms with Crippen LogP contribution in [0, 0.1) is 0 Å². The molecule has 372 valence electrons. The lowest BCUT2D eigenvalue weighted by molar-refractivity contribution is -0.122. The van der Waals surface area contributed by atoms with Gasteiger partial charge < -0.3 is 41.1 Å². The molecule has 8 aromatic rings. The maximum atomic E-state index is 13.2. The van der Waals surface area contributed by atoms with E-state index in [0.29, 0.717) is 44.0 Å². The standard InChI is InChI=1S/C26H30N6O3.C22H21BrN6O2.C4H10O/c1-2-3-13-35-24-17-30-25(28-12-9-19-7-5-4-6-8-19)26(34)32(24)18-23(33)29-16-21-14-20-15-27-11-10-22(20)31-21;23-19-13-27-21(25-9-6-15-4-2-1-3-5-15)22(31)29(19)14-20(30)26-12-17-10-16-11-24-8-7-18(16)28-17;1-2-3-4-5/h4-8,10-11,14-15,17,31H,2-3,9,12-13,16,18H2,1H3,(H,28,30)(H,29,33);1-5,7-8,10-11,13,28H,6,9,12,14H2,(H,25,27)(H,26,30);5H,2-4H2,1H3. The molecule has 0 spiro atoms. The first-order valence-corrected chi connectivity index (χ1v) is 24.5. The summed E-state index contributed by atoms with van der Waals surface area (Å²) in [5, 5.41) is 21.9. The van der Waals surface area contributed by atoms with Gasteiger partial charge in [-0.3, -0.25) is 38.3 Å². The Morgan fingerprint density at radius 3 is 1.63 bits per heavy atom. The van der Waals surface area contributed by atoms with Crippen molar-refractivity contribution in [2.45, 2.75) is 78.6 Å². The number of anilines is 2. The number of amides is 2. The molecule has 0 radical (unpaired) electrons. The fraction of sp³-hybridized carbons (Fsp3) is 0.308. The minimum Gasteiger partial charge on any atom is -0.478 e. The number of aliphatic hydroxyl groups is 1. The number of pyridine rings is 2. The van der Waals surface area contributed by atoms with Crippen LogP contribution in [0.2, 0.25) is 0 Å². The van der Waals surface area contributed by atoms with Crippen LogP contribution in [-0.2, 0) is 48.6 Å².